The summed E-state index contributed by atoms with van der Waals surface area (Å²) < 4.78 is 0. The maximum Gasteiger partial charge on any atom is 0.254 e. The van der Waals surface area contributed by atoms with E-state index in [0.29, 0.717) is 37.3 Å². The molecule has 1 aromatic heterocycles. The van der Waals surface area contributed by atoms with Crippen LogP contribution >= 0.6 is 0 Å². The first kappa shape index (κ1) is 20.1. The van der Waals surface area contributed by atoms with Gasteiger partial charge in [0, 0.05) is 36.7 Å². The Balaban J connectivity index is 1.82. The van der Waals surface area contributed by atoms with Crippen LogP contribution in [0.25, 0.3) is 0 Å². The molecule has 1 aliphatic rings. The molecule has 0 radical (unpaired) electrons. The minimum Gasteiger partial charge on any atom is -0.396 e. The van der Waals surface area contributed by atoms with E-state index in [4.69, 9.17) is 5.73 Å². The predicted molar refractivity (Wildman–Crippen MR) is 110 cm³/mol. The Morgan fingerprint density at radius 3 is 2.79 bits per heavy atom. The van der Waals surface area contributed by atoms with Crippen LogP contribution in [0.3, 0.4) is 0 Å². The van der Waals surface area contributed by atoms with Gasteiger partial charge in [-0.25, -0.2) is 4.98 Å². The Labute approximate surface area is 166 Å². The van der Waals surface area contributed by atoms with Crippen LogP contribution in [-0.4, -0.2) is 45.1 Å². The van der Waals surface area contributed by atoms with Gasteiger partial charge in [-0.1, -0.05) is 38.0 Å². The fraction of sp³-hybridized carbons (Fsp3) is 0.476. The van der Waals surface area contributed by atoms with Crippen LogP contribution < -0.4 is 11.1 Å². The fourth-order valence-corrected chi connectivity index (χ4v) is 3.58. The third kappa shape index (κ3) is 4.78. The monoisotopic (exact) mass is 383 g/mol. The number of hydrogen-bond donors (Lipinski definition) is 3. The molecule has 0 spiro atoms. The van der Waals surface area contributed by atoms with Crippen molar-refractivity contribution >= 4 is 17.7 Å². The van der Waals surface area contributed by atoms with Gasteiger partial charge in [0.15, 0.2) is 0 Å². The minimum absolute atomic E-state index is 0.00640. The molecule has 1 aliphatic heterocycles. The molecule has 0 aliphatic carbocycles. The van der Waals surface area contributed by atoms with Crippen LogP contribution in [0, 0.1) is 0 Å². The zero-order chi connectivity index (χ0) is 19.9. The van der Waals surface area contributed by atoms with Crippen molar-refractivity contribution in [1.29, 1.82) is 0 Å². The first-order valence-electron chi connectivity index (χ1n) is 9.99. The van der Waals surface area contributed by atoms with E-state index >= 15 is 0 Å². The van der Waals surface area contributed by atoms with Gasteiger partial charge in [0.2, 0.25) is 5.95 Å². The number of aromatic nitrogens is 2. The molecule has 3 rings (SSSR count). The number of nitrogens with one attached hydrogen (secondary N) is 1. The van der Waals surface area contributed by atoms with Gasteiger partial charge in [0.05, 0.1) is 12.2 Å². The zero-order valence-corrected chi connectivity index (χ0v) is 16.4. The summed E-state index contributed by atoms with van der Waals surface area (Å²) in [5.41, 5.74) is 8.42. The van der Waals surface area contributed by atoms with E-state index in [1.807, 2.05) is 35.2 Å². The standard InChI is InChI=1S/C21H29N5O2/c1-2-3-9-16(11-13-27)23-19-17-14-26(12-10-18(17)24-21(22)25-19)20(28)15-7-5-4-6-8-15/h4-8,16,27H,2-3,9-14H2,1H3,(H3,22,23,24,25). The molecule has 150 valence electrons. The third-order valence-corrected chi connectivity index (χ3v) is 5.11. The van der Waals surface area contributed by atoms with Gasteiger partial charge in [-0.15, -0.1) is 0 Å². The molecule has 1 unspecified atom stereocenters. The lowest BCUT2D eigenvalue weighted by molar-refractivity contribution is 0.0734. The molecule has 2 aromatic rings. The van der Waals surface area contributed by atoms with Crippen molar-refractivity contribution in [2.45, 2.75) is 51.6 Å². The Bertz CT molecular complexity index is 797. The van der Waals surface area contributed by atoms with Crippen molar-refractivity contribution in [3.63, 3.8) is 0 Å². The summed E-state index contributed by atoms with van der Waals surface area (Å²) in [7, 11) is 0. The van der Waals surface area contributed by atoms with E-state index in [1.54, 1.807) is 0 Å². The van der Waals surface area contributed by atoms with E-state index in [1.165, 1.54) is 0 Å². The van der Waals surface area contributed by atoms with Crippen LogP contribution in [0.5, 0.6) is 0 Å². The number of rotatable bonds is 8. The van der Waals surface area contributed by atoms with E-state index in [-0.39, 0.29) is 24.5 Å². The Morgan fingerprint density at radius 2 is 2.07 bits per heavy atom. The normalized spacial score (nSPS) is 14.4. The van der Waals surface area contributed by atoms with Gasteiger partial charge >= 0.3 is 0 Å². The second kappa shape index (κ2) is 9.50. The Kier molecular flexibility index (Phi) is 6.81. The molecule has 0 bridgehead atoms. The second-order valence-electron chi connectivity index (χ2n) is 7.19. The first-order valence-corrected chi connectivity index (χ1v) is 9.99. The summed E-state index contributed by atoms with van der Waals surface area (Å²) in [5.74, 6) is 0.928. The Hall–Kier alpha value is -2.67. The summed E-state index contributed by atoms with van der Waals surface area (Å²) in [6.45, 7) is 3.31. The van der Waals surface area contributed by atoms with Crippen molar-refractivity contribution in [1.82, 2.24) is 14.9 Å². The third-order valence-electron chi connectivity index (χ3n) is 5.11. The van der Waals surface area contributed by atoms with E-state index in [0.717, 1.165) is 30.5 Å². The zero-order valence-electron chi connectivity index (χ0n) is 16.4. The van der Waals surface area contributed by atoms with Crippen molar-refractivity contribution in [3.05, 3.63) is 47.2 Å². The Morgan fingerprint density at radius 1 is 1.29 bits per heavy atom. The van der Waals surface area contributed by atoms with Gasteiger partial charge in [-0.05, 0) is 25.0 Å². The molecule has 2 heterocycles. The van der Waals surface area contributed by atoms with Crippen LogP contribution in [0.2, 0.25) is 0 Å². The molecule has 1 atom stereocenters. The molecule has 1 aromatic carbocycles. The number of benzene rings is 1. The number of anilines is 2. The maximum atomic E-state index is 12.9. The number of nitrogens with two attached hydrogens (primary N) is 1. The topological polar surface area (TPSA) is 104 Å². The van der Waals surface area contributed by atoms with Gasteiger partial charge < -0.3 is 21.1 Å². The van der Waals surface area contributed by atoms with Gasteiger partial charge in [-0.2, -0.15) is 4.98 Å². The maximum absolute atomic E-state index is 12.9. The molecule has 7 nitrogen and oxygen atoms in total. The average Bonchev–Trinajstić information content (AvgIpc) is 2.72. The molecule has 4 N–H and O–H groups in total. The highest BCUT2D eigenvalue weighted by Gasteiger charge is 2.26. The molecule has 28 heavy (non-hydrogen) atoms. The molecular formula is C21H29N5O2. The number of aliphatic hydroxyl groups excluding tert-OH is 1. The number of nitrogen functional groups attached to an aromatic ring is 1. The summed E-state index contributed by atoms with van der Waals surface area (Å²) in [4.78, 5) is 23.5. The van der Waals surface area contributed by atoms with Crippen LogP contribution in [0.4, 0.5) is 11.8 Å². The number of fused-ring (bicyclic) bond motifs is 1. The second-order valence-corrected chi connectivity index (χ2v) is 7.19. The molecular weight excluding hydrogens is 354 g/mol. The number of nitrogens with zero attached hydrogens (tertiary/aromatic N) is 3. The SMILES string of the molecule is CCCCC(CCO)Nc1nc(N)nc2c1CN(C(=O)c1ccccc1)CC2. The van der Waals surface area contributed by atoms with Crippen molar-refractivity contribution in [2.75, 3.05) is 24.2 Å². The lowest BCUT2D eigenvalue weighted by atomic mass is 10.0. The van der Waals surface area contributed by atoms with Crippen LogP contribution in [-0.2, 0) is 13.0 Å². The van der Waals surface area contributed by atoms with Gasteiger partial charge in [-0.3, -0.25) is 4.79 Å². The smallest absolute Gasteiger partial charge is 0.254 e. The quantitative estimate of drug-likeness (QED) is 0.647. The number of unbranched alkanes of at least 4 members (excludes halogenated alkanes) is 1. The average molecular weight is 383 g/mol. The van der Waals surface area contributed by atoms with Crippen molar-refractivity contribution in [2.24, 2.45) is 0 Å². The summed E-state index contributed by atoms with van der Waals surface area (Å²) >= 11 is 0. The highest BCUT2D eigenvalue weighted by molar-refractivity contribution is 5.94. The highest BCUT2D eigenvalue weighted by atomic mass is 16.3. The van der Waals surface area contributed by atoms with E-state index < -0.39 is 0 Å². The van der Waals surface area contributed by atoms with Crippen molar-refractivity contribution < 1.29 is 9.90 Å². The number of carbonyl (C=O) groups is 1. The summed E-state index contributed by atoms with van der Waals surface area (Å²) in [6, 6.07) is 9.42. The highest BCUT2D eigenvalue weighted by Crippen LogP contribution is 2.27. The summed E-state index contributed by atoms with van der Waals surface area (Å²) in [5, 5.41) is 12.9. The molecule has 0 saturated heterocycles. The largest absolute Gasteiger partial charge is 0.396 e. The van der Waals surface area contributed by atoms with Crippen LogP contribution in [0.15, 0.2) is 30.3 Å². The van der Waals surface area contributed by atoms with Crippen molar-refractivity contribution in [3.8, 4) is 0 Å². The van der Waals surface area contributed by atoms with Gasteiger partial charge in [0.1, 0.15) is 5.82 Å². The van der Waals surface area contributed by atoms with E-state index in [9.17, 15) is 9.90 Å². The number of hydrogen-bond acceptors (Lipinski definition) is 6. The first-order chi connectivity index (χ1) is 13.6. The molecule has 0 saturated carbocycles. The number of aliphatic hydroxyl groups is 1. The lowest BCUT2D eigenvalue weighted by Crippen LogP contribution is -2.37. The lowest BCUT2D eigenvalue weighted by Gasteiger charge is -2.30. The van der Waals surface area contributed by atoms with E-state index in [2.05, 4.69) is 22.2 Å². The number of amides is 1. The fourth-order valence-electron chi connectivity index (χ4n) is 3.58. The summed E-state index contributed by atoms with van der Waals surface area (Å²) in [6.07, 6.45) is 4.40. The molecule has 1 amide bonds. The predicted octanol–water partition coefficient (Wildman–Crippen LogP) is 2.61. The molecule has 0 fully saturated rings. The minimum atomic E-state index is 0.00640. The number of carbonyl (C=O) groups excluding carboxylic acids is 1. The van der Waals surface area contributed by atoms with Gasteiger partial charge in [0.25, 0.3) is 5.91 Å². The molecule has 7 heteroatoms. The van der Waals surface area contributed by atoms with Crippen LogP contribution in [0.1, 0.15) is 54.2 Å².